The van der Waals surface area contributed by atoms with Crippen LogP contribution in [0.2, 0.25) is 0 Å². The molecule has 23 heteroatoms. The van der Waals surface area contributed by atoms with Crippen LogP contribution in [-0.4, -0.2) is 153 Å². The summed E-state index contributed by atoms with van der Waals surface area (Å²) in [5, 5.41) is 26.0. The van der Waals surface area contributed by atoms with Gasteiger partial charge in [0.05, 0.1) is 18.3 Å². The third-order valence-electron chi connectivity index (χ3n) is 16.6. The monoisotopic (exact) mass is 1190 g/mol. The summed E-state index contributed by atoms with van der Waals surface area (Å²) >= 11 is 0. The number of piperidine rings is 1. The molecule has 1 aliphatic carbocycles. The molecule has 6 N–H and O–H groups in total. The number of methoxy groups -OCH3 is 3. The van der Waals surface area contributed by atoms with Gasteiger partial charge in [0.25, 0.3) is 11.7 Å². The number of nitrogens with zero attached hydrogens (tertiary/aromatic N) is 1. The number of benzene rings is 1. The third kappa shape index (κ3) is 18.7. The Balaban J connectivity index is 1.40. The van der Waals surface area contributed by atoms with Crippen molar-refractivity contribution in [2.24, 2.45) is 35.5 Å². The first-order valence-corrected chi connectivity index (χ1v) is 32.1. The fraction of sp³-hybridized carbons (Fsp3) is 0.661. The number of anilines is 1. The van der Waals surface area contributed by atoms with E-state index >= 15 is 0 Å². The number of aliphatic hydroxyl groups excluding tert-OH is 1. The van der Waals surface area contributed by atoms with Crippen LogP contribution >= 0.6 is 15.0 Å². The van der Waals surface area contributed by atoms with Crippen LogP contribution in [-0.2, 0) is 61.5 Å². The van der Waals surface area contributed by atoms with Crippen LogP contribution in [0.25, 0.3) is 0 Å². The summed E-state index contributed by atoms with van der Waals surface area (Å²) in [6.45, 7) is 12.4. The van der Waals surface area contributed by atoms with Crippen molar-refractivity contribution >= 4 is 61.3 Å². The number of fused-ring (bicyclic) bond motifs is 3. The second-order valence-corrected chi connectivity index (χ2v) is 27.5. The van der Waals surface area contributed by atoms with Crippen molar-refractivity contribution in [1.29, 1.82) is 0 Å². The number of carbonyl (C=O) groups is 6. The molecule has 21 nitrogen and oxygen atoms in total. The molecule has 2 saturated heterocycles. The van der Waals surface area contributed by atoms with E-state index in [9.17, 15) is 62.8 Å². The first kappa shape index (κ1) is 68.3. The number of cyclic esters (lactones) is 1. The quantitative estimate of drug-likeness (QED) is 0.0542. The van der Waals surface area contributed by atoms with Gasteiger partial charge in [-0.1, -0.05) is 71.1 Å². The Morgan fingerprint density at radius 1 is 0.841 bits per heavy atom. The van der Waals surface area contributed by atoms with Gasteiger partial charge in [-0.2, -0.15) is 0 Å². The SMILES string of the molecule is CO[C@H]1C[C@@H]2CC[C@@H](C)[C@@](O)(O2)C(=O)C(=O)N2CCCCC2C(=O)O[C@H]([C@H](C)C[C@@H]2CC[C@@H](OC(=O)Nc3ccc(P(=O)(O)CP(=O)(O)O)cc3)[C@H](OC)C2)CC(=O)[C@H](C)/C=C(\C)[C@H](O)[C@@H](OC)C(=O)[C@H](C)C[C@H](C)/C=C/C=C/C=C/1C. The highest BCUT2D eigenvalue weighted by Crippen LogP contribution is 2.54. The number of hydrogen-bond donors (Lipinski definition) is 6. The number of aliphatic hydroxyl groups is 2. The minimum absolute atomic E-state index is 0.0185. The fourth-order valence-electron chi connectivity index (χ4n) is 11.6. The molecule has 4 aliphatic rings. The van der Waals surface area contributed by atoms with Crippen LogP contribution in [0.15, 0.2) is 71.9 Å². The van der Waals surface area contributed by atoms with Gasteiger partial charge in [-0.05, 0) is 131 Å². The van der Waals surface area contributed by atoms with Crippen molar-refractivity contribution in [2.45, 2.75) is 180 Å². The van der Waals surface area contributed by atoms with Crippen LogP contribution in [0.1, 0.15) is 126 Å². The van der Waals surface area contributed by atoms with E-state index in [1.807, 2.05) is 51.2 Å². The first-order chi connectivity index (χ1) is 38.5. The summed E-state index contributed by atoms with van der Waals surface area (Å²) in [6, 6.07) is 3.73. The number of Topliss-reactive ketones (excluding diaryl/α,β-unsaturated/α-hetero) is 3. The smallest absolute Gasteiger partial charge is 0.411 e. The van der Waals surface area contributed by atoms with Crippen molar-refractivity contribution in [3.8, 4) is 0 Å². The van der Waals surface area contributed by atoms with Gasteiger partial charge >= 0.3 is 19.7 Å². The van der Waals surface area contributed by atoms with Crippen molar-refractivity contribution in [3.63, 3.8) is 0 Å². The highest BCUT2D eigenvalue weighted by Gasteiger charge is 2.53. The third-order valence-corrected chi connectivity index (χ3v) is 20.7. The lowest BCUT2D eigenvalue weighted by Crippen LogP contribution is -2.61. The predicted octanol–water partition coefficient (Wildman–Crippen LogP) is 7.47. The van der Waals surface area contributed by atoms with E-state index < -0.39 is 123 Å². The first-order valence-electron chi connectivity index (χ1n) is 28.5. The summed E-state index contributed by atoms with van der Waals surface area (Å²) < 4.78 is 59.5. The molecule has 0 aromatic heterocycles. The largest absolute Gasteiger partial charge is 0.460 e. The standard InChI is InChI=1S/C59H88N2O19P2/c1-35-16-12-11-13-17-36(2)49(75-8)32-44-23-19-41(7)59(69,80-44)55(65)56(66)61-27-15-14-18-46(61)57(67)78-50(33-47(62)37(3)29-40(6)53(64)54(77-10)52(63)39(5)28-35)38(4)30-42-20-26-48(51(31-42)76-9)79-58(68)60-43-21-24-45(25-22-43)81(70,71)34-82(72,73)74/h11-13,16-17,21-22,24-25,29,35,37-39,41-42,44,46,48-51,53-54,64,69H,14-15,18-20,23,26-28,30-34H2,1-10H3,(H,60,68)(H,70,71)(H2,72,73,74)/b13-11+,16-12+,36-17+,40-29+/t35-,37-,38-,39-,41-,42+,44+,46?,48-,49+,50+,51-,53+,54+,59-/m1/s1. The van der Waals surface area contributed by atoms with Gasteiger partial charge in [0.1, 0.15) is 42.1 Å². The minimum atomic E-state index is -4.80. The van der Waals surface area contributed by atoms with Gasteiger partial charge in [0.2, 0.25) is 13.2 Å². The number of rotatable bonds is 11. The Kier molecular flexibility index (Phi) is 25.4. The zero-order valence-corrected chi connectivity index (χ0v) is 50.8. The van der Waals surface area contributed by atoms with Crippen molar-refractivity contribution in [3.05, 3.63) is 71.9 Å². The number of amides is 2. The van der Waals surface area contributed by atoms with E-state index in [1.54, 1.807) is 40.9 Å². The summed E-state index contributed by atoms with van der Waals surface area (Å²) in [5.74, 6) is -10.2. The van der Waals surface area contributed by atoms with Crippen LogP contribution in [0.4, 0.5) is 10.5 Å². The summed E-state index contributed by atoms with van der Waals surface area (Å²) in [7, 11) is -4.82. The molecule has 0 spiro atoms. The highest BCUT2D eigenvalue weighted by atomic mass is 31.2. The minimum Gasteiger partial charge on any atom is -0.460 e. The van der Waals surface area contributed by atoms with E-state index in [-0.39, 0.29) is 60.2 Å². The van der Waals surface area contributed by atoms with Crippen molar-refractivity contribution in [1.82, 2.24) is 4.90 Å². The second kappa shape index (κ2) is 30.5. The fourth-order valence-corrected chi connectivity index (χ4v) is 14.9. The number of hydrogen-bond acceptors (Lipinski definition) is 16. The zero-order valence-electron chi connectivity index (χ0n) is 49.0. The molecule has 82 heavy (non-hydrogen) atoms. The van der Waals surface area contributed by atoms with Gasteiger partial charge in [0.15, 0.2) is 5.78 Å². The van der Waals surface area contributed by atoms with E-state index in [0.29, 0.717) is 63.4 Å². The molecule has 3 fully saturated rings. The van der Waals surface area contributed by atoms with Crippen molar-refractivity contribution in [2.75, 3.05) is 39.1 Å². The summed E-state index contributed by atoms with van der Waals surface area (Å²) in [4.78, 5) is 115. The normalized spacial score (nSPS) is 35.3. The molecular formula is C59H88N2O19P2. The number of carbonyl (C=O) groups excluding carboxylic acids is 6. The van der Waals surface area contributed by atoms with Crippen LogP contribution < -0.4 is 10.6 Å². The van der Waals surface area contributed by atoms with Gasteiger partial charge < -0.3 is 58.2 Å². The molecule has 1 aromatic rings. The van der Waals surface area contributed by atoms with Gasteiger partial charge in [0, 0.05) is 69.5 Å². The lowest BCUT2D eigenvalue weighted by molar-refractivity contribution is -0.265. The zero-order chi connectivity index (χ0) is 60.9. The molecule has 1 saturated carbocycles. The van der Waals surface area contributed by atoms with Crippen LogP contribution in [0, 0.1) is 35.5 Å². The predicted molar refractivity (Wildman–Crippen MR) is 306 cm³/mol. The average Bonchev–Trinajstić information content (AvgIpc) is 3.37. The number of allylic oxidation sites excluding steroid dienone is 6. The Morgan fingerprint density at radius 2 is 1.54 bits per heavy atom. The highest BCUT2D eigenvalue weighted by molar-refractivity contribution is 7.77. The summed E-state index contributed by atoms with van der Waals surface area (Å²) in [6.07, 6.45) is 8.19. The van der Waals surface area contributed by atoms with E-state index in [4.69, 9.17) is 28.4 Å². The molecule has 2 bridgehead atoms. The van der Waals surface area contributed by atoms with E-state index in [1.165, 1.54) is 38.5 Å². The molecule has 3 heterocycles. The molecule has 0 radical (unpaired) electrons. The maximum absolute atomic E-state index is 14.6. The Hall–Kier alpha value is -4.50. The number of esters is 1. The second-order valence-electron chi connectivity index (χ2n) is 23.1. The molecule has 16 atom stereocenters. The number of ether oxygens (including phenoxy) is 6. The molecule has 458 valence electrons. The molecule has 2 unspecified atom stereocenters. The van der Waals surface area contributed by atoms with Crippen LogP contribution in [0.3, 0.4) is 0 Å². The van der Waals surface area contributed by atoms with Gasteiger partial charge in [-0.25, -0.2) is 9.59 Å². The van der Waals surface area contributed by atoms with Gasteiger partial charge in [-0.3, -0.25) is 33.6 Å². The van der Waals surface area contributed by atoms with Crippen molar-refractivity contribution < 1.29 is 91.2 Å². The molecule has 3 aliphatic heterocycles. The Labute approximate surface area is 482 Å². The molecular weight excluding hydrogens is 1100 g/mol. The lowest BCUT2D eigenvalue weighted by Gasteiger charge is -2.42. The Morgan fingerprint density at radius 3 is 2.18 bits per heavy atom. The molecule has 5 rings (SSSR count). The average molecular weight is 1190 g/mol. The maximum Gasteiger partial charge on any atom is 0.411 e. The maximum atomic E-state index is 14.6. The van der Waals surface area contributed by atoms with Crippen LogP contribution in [0.5, 0.6) is 0 Å². The number of ketones is 3. The van der Waals surface area contributed by atoms with E-state index in [0.717, 1.165) is 10.5 Å². The van der Waals surface area contributed by atoms with E-state index in [2.05, 4.69) is 5.32 Å². The Bertz CT molecular complexity index is 2620. The molecule has 2 amide bonds. The lowest BCUT2D eigenvalue weighted by atomic mass is 9.78. The topological polar surface area (TPSA) is 308 Å². The van der Waals surface area contributed by atoms with Gasteiger partial charge in [-0.15, -0.1) is 0 Å². The molecule has 1 aromatic carbocycles. The number of nitrogens with one attached hydrogen (secondary N) is 1. The summed E-state index contributed by atoms with van der Waals surface area (Å²) in [5.41, 5.74) is 1.36.